The summed E-state index contributed by atoms with van der Waals surface area (Å²) in [5, 5.41) is 17.1. The van der Waals surface area contributed by atoms with Crippen LogP contribution in [0, 0.1) is 0 Å². The molecule has 0 saturated carbocycles. The van der Waals surface area contributed by atoms with Crippen molar-refractivity contribution < 1.29 is 33.4 Å². The van der Waals surface area contributed by atoms with Crippen molar-refractivity contribution in [3.63, 3.8) is 0 Å². The van der Waals surface area contributed by atoms with Crippen molar-refractivity contribution in [2.75, 3.05) is 56.4 Å². The van der Waals surface area contributed by atoms with Crippen LogP contribution < -0.4 is 46.3 Å². The summed E-state index contributed by atoms with van der Waals surface area (Å²) in [4.78, 5) is 56.5. The minimum absolute atomic E-state index is 0.0381. The summed E-state index contributed by atoms with van der Waals surface area (Å²) in [6.07, 6.45) is 11.4. The fourth-order valence-corrected chi connectivity index (χ4v) is 6.04. The van der Waals surface area contributed by atoms with Gasteiger partial charge in [-0.1, -0.05) is 37.4 Å². The molecule has 2 aliphatic heterocycles. The number of methoxy groups -OCH3 is 1. The Morgan fingerprint density at radius 2 is 1.71 bits per heavy atom. The van der Waals surface area contributed by atoms with E-state index in [1.165, 1.54) is 17.6 Å². The van der Waals surface area contributed by atoms with Gasteiger partial charge < -0.3 is 51.0 Å². The number of amides is 4. The third-order valence-electron chi connectivity index (χ3n) is 9.03. The zero-order valence-electron chi connectivity index (χ0n) is 33.6. The summed E-state index contributed by atoms with van der Waals surface area (Å²) in [6, 6.07) is 17.0. The number of carbonyl (C=O) groups excluding carboxylic acids is 4. The number of rotatable bonds is 17. The van der Waals surface area contributed by atoms with Gasteiger partial charge in [-0.05, 0) is 79.6 Å². The number of ether oxygens (including phenoxy) is 3. The maximum atomic E-state index is 13.3. The van der Waals surface area contributed by atoms with Gasteiger partial charge in [-0.2, -0.15) is 0 Å². The second-order valence-electron chi connectivity index (χ2n) is 13.7. The predicted molar refractivity (Wildman–Crippen MR) is 229 cm³/mol. The first-order chi connectivity index (χ1) is 28.4. The van der Waals surface area contributed by atoms with Crippen molar-refractivity contribution >= 4 is 46.9 Å². The molecule has 6 N–H and O–H groups in total. The van der Waals surface area contributed by atoms with E-state index in [-0.39, 0.29) is 50.7 Å². The van der Waals surface area contributed by atoms with Crippen LogP contribution in [0.15, 0.2) is 120 Å². The number of benzene rings is 3. The van der Waals surface area contributed by atoms with E-state index in [0.29, 0.717) is 56.7 Å². The number of aliphatic imine (C=N–C) groups is 1. The zero-order chi connectivity index (χ0) is 42.3. The Kier molecular flexibility index (Phi) is 15.2. The first-order valence-corrected chi connectivity index (χ1v) is 18.8. The summed E-state index contributed by atoms with van der Waals surface area (Å²) in [5.74, 6) is -0.574. The van der Waals surface area contributed by atoms with Gasteiger partial charge in [0.1, 0.15) is 19.0 Å². The van der Waals surface area contributed by atoms with Crippen molar-refractivity contribution in [1.29, 1.82) is 0 Å². The molecule has 0 aliphatic carbocycles. The van der Waals surface area contributed by atoms with E-state index in [0.717, 1.165) is 12.1 Å². The maximum Gasteiger partial charge on any atom is 0.257 e. The number of likely N-dealkylation sites (N-methyl/N-ethyl adjacent to an activating group) is 2. The Hall–Kier alpha value is -7.13. The van der Waals surface area contributed by atoms with Crippen LogP contribution >= 0.6 is 0 Å². The van der Waals surface area contributed by atoms with Crippen LogP contribution in [-0.4, -0.2) is 76.7 Å². The first kappa shape index (κ1) is 43.0. The highest BCUT2D eigenvalue weighted by Gasteiger charge is 2.20. The Morgan fingerprint density at radius 3 is 2.47 bits per heavy atom. The molecule has 0 fully saturated rings. The Balaban J connectivity index is 1.31. The van der Waals surface area contributed by atoms with Crippen molar-refractivity contribution in [3.05, 3.63) is 138 Å². The number of nitrogens with one attached hydrogen (secondary N) is 6. The lowest BCUT2D eigenvalue weighted by atomic mass is 10.1. The van der Waals surface area contributed by atoms with Gasteiger partial charge in [0.25, 0.3) is 5.91 Å². The van der Waals surface area contributed by atoms with Gasteiger partial charge in [0.2, 0.25) is 17.7 Å². The van der Waals surface area contributed by atoms with E-state index in [1.54, 1.807) is 68.9 Å². The average molecular weight is 803 g/mol. The molecular weight excluding hydrogens is 753 g/mol. The highest BCUT2D eigenvalue weighted by Crippen LogP contribution is 2.35. The van der Waals surface area contributed by atoms with Gasteiger partial charge in [-0.25, -0.2) is 0 Å². The molecule has 3 aromatic carbocycles. The molecular formula is C44H50N8O7. The number of fused-ring (bicyclic) bond motifs is 2. The van der Waals surface area contributed by atoms with E-state index in [9.17, 15) is 19.2 Å². The third-order valence-corrected chi connectivity index (χ3v) is 9.03. The lowest BCUT2D eigenvalue weighted by Crippen LogP contribution is -2.43. The van der Waals surface area contributed by atoms with E-state index in [2.05, 4.69) is 62.2 Å². The van der Waals surface area contributed by atoms with Gasteiger partial charge in [0.15, 0.2) is 11.5 Å². The Morgan fingerprint density at radius 1 is 0.966 bits per heavy atom. The normalized spacial score (nSPS) is 15.7. The molecule has 4 amide bonds. The van der Waals surface area contributed by atoms with E-state index in [4.69, 9.17) is 14.2 Å². The maximum absolute atomic E-state index is 13.3. The first-order valence-electron chi connectivity index (χ1n) is 18.8. The molecule has 0 spiro atoms. The second-order valence-corrected chi connectivity index (χ2v) is 13.7. The zero-order valence-corrected chi connectivity index (χ0v) is 33.6. The summed E-state index contributed by atoms with van der Waals surface area (Å²) < 4.78 is 18.0. The number of carbonyl (C=O) groups is 4. The molecule has 15 heteroatoms. The molecule has 2 aliphatic rings. The number of nitrogens with zero attached hydrogens (tertiary/aromatic N) is 2. The monoisotopic (exact) mass is 802 g/mol. The molecule has 3 aromatic rings. The van der Waals surface area contributed by atoms with Gasteiger partial charge in [-0.3, -0.25) is 24.2 Å². The third kappa shape index (κ3) is 12.7. The summed E-state index contributed by atoms with van der Waals surface area (Å²) in [6.45, 7) is 9.41. The molecule has 0 aromatic heterocycles. The summed E-state index contributed by atoms with van der Waals surface area (Å²) in [5.41, 5.74) is 6.19. The predicted octanol–water partition coefficient (Wildman–Crippen LogP) is 4.47. The van der Waals surface area contributed by atoms with Crippen molar-refractivity contribution in [1.82, 2.24) is 21.3 Å². The highest BCUT2D eigenvalue weighted by atomic mass is 16.5. The number of para-hydroxylation sites is 1. The van der Waals surface area contributed by atoms with Crippen molar-refractivity contribution in [2.24, 2.45) is 4.99 Å². The number of hydrogen-bond donors (Lipinski definition) is 6. The lowest BCUT2D eigenvalue weighted by Gasteiger charge is -2.21. The van der Waals surface area contributed by atoms with Crippen LogP contribution in [0.2, 0.25) is 0 Å². The number of hydrogen-bond acceptors (Lipinski definition) is 11. The van der Waals surface area contributed by atoms with Gasteiger partial charge in [-0.15, -0.1) is 0 Å². The van der Waals surface area contributed by atoms with Crippen LogP contribution in [0.3, 0.4) is 0 Å². The molecule has 0 radical (unpaired) electrons. The molecule has 308 valence electrons. The van der Waals surface area contributed by atoms with E-state index < -0.39 is 11.8 Å². The number of allylic oxidation sites excluding steroid dienone is 5. The van der Waals surface area contributed by atoms with Crippen molar-refractivity contribution in [2.45, 2.75) is 32.6 Å². The standard InChI is InChI=1S/C44H50N8O7/c1-28-11-9-10-14-46-38-21-40(39(57-6)20-36(38)44(56)50-28)59-27-32-16-31(17-35(18-32)52(5)43(55)25-49-42(54)24-48-41(53)23-45-4)26-58-30(3)15-29(2)47-22-34-19-33-12-7-8-13-37(33)51-34/h7-18,20-22,34,45-46,51H,1,3,19,23-27H2,2,4-6H3,(H,48,53)(H,49,54)(H,50,56)/b11-9-,14-10-,29-15+,47-22?/t34-/m0/s1. The lowest BCUT2D eigenvalue weighted by molar-refractivity contribution is -0.126. The number of anilines is 3. The van der Waals surface area contributed by atoms with Crippen LogP contribution in [0.4, 0.5) is 17.1 Å². The highest BCUT2D eigenvalue weighted by molar-refractivity contribution is 6.02. The van der Waals surface area contributed by atoms with Gasteiger partial charge in [0.05, 0.1) is 44.0 Å². The molecule has 0 unspecified atom stereocenters. The molecule has 0 saturated heterocycles. The van der Waals surface area contributed by atoms with Crippen LogP contribution in [-0.2, 0) is 38.8 Å². The molecule has 0 bridgehead atoms. The molecule has 5 rings (SSSR count). The van der Waals surface area contributed by atoms with Crippen LogP contribution in [0.1, 0.15) is 34.0 Å². The summed E-state index contributed by atoms with van der Waals surface area (Å²) in [7, 11) is 4.69. The molecule has 2 heterocycles. The quantitative estimate of drug-likeness (QED) is 0.0647. The van der Waals surface area contributed by atoms with Crippen molar-refractivity contribution in [3.8, 4) is 11.5 Å². The Bertz CT molecular complexity index is 2190. The molecule has 15 nitrogen and oxygen atoms in total. The second kappa shape index (κ2) is 20.9. The van der Waals surface area contributed by atoms with Crippen LogP contribution in [0.25, 0.3) is 0 Å². The largest absolute Gasteiger partial charge is 0.493 e. The molecule has 1 atom stereocenters. The minimum atomic E-state index is -0.511. The molecule has 59 heavy (non-hydrogen) atoms. The average Bonchev–Trinajstić information content (AvgIpc) is 3.65. The van der Waals surface area contributed by atoms with Gasteiger partial charge >= 0.3 is 0 Å². The van der Waals surface area contributed by atoms with E-state index >= 15 is 0 Å². The Labute approximate surface area is 344 Å². The fourth-order valence-electron chi connectivity index (χ4n) is 6.04. The minimum Gasteiger partial charge on any atom is -0.493 e. The van der Waals surface area contributed by atoms with E-state index in [1.807, 2.05) is 31.3 Å². The summed E-state index contributed by atoms with van der Waals surface area (Å²) >= 11 is 0. The smallest absolute Gasteiger partial charge is 0.257 e. The van der Waals surface area contributed by atoms with Crippen LogP contribution in [0.5, 0.6) is 11.5 Å². The SMILES string of the molecule is C=C1/C=C\C=C/Nc2cc(OCc3cc(COC(=C)/C=C(\C)N=C[C@@H]4Cc5ccccc5N4)cc(N(C)C(=O)CNC(=O)CNC(=O)CNC)c3)c(OC)cc2C(=O)N1. The fraction of sp³-hybridized carbons (Fsp3) is 0.250. The topological polar surface area (TPSA) is 184 Å². The van der Waals surface area contributed by atoms with Gasteiger partial charge in [0, 0.05) is 54.4 Å².